The van der Waals surface area contributed by atoms with E-state index in [1.807, 2.05) is 13.0 Å². The molecule has 4 rings (SSSR count). The summed E-state index contributed by atoms with van der Waals surface area (Å²) in [5.74, 6) is 1.10. The van der Waals surface area contributed by atoms with Crippen LogP contribution in [0, 0.1) is 22.7 Å². The first-order valence-corrected chi connectivity index (χ1v) is 9.92. The Kier molecular flexibility index (Phi) is 3.86. The van der Waals surface area contributed by atoms with E-state index in [2.05, 4.69) is 6.92 Å². The van der Waals surface area contributed by atoms with Gasteiger partial charge in [-0.2, -0.15) is 0 Å². The van der Waals surface area contributed by atoms with Gasteiger partial charge in [0.25, 0.3) is 0 Å². The standard InChI is InChI=1S/C22H29FO2/c1-13(23)20(25)22(3)11-9-19-18-6-4-14-12-15(24)5-7-16(14)17(18)8-10-21(19,22)2/h12-13,18-19H,4-11H2,1-3H3/t13-,18+,19-,21-,22+/m0/s1. The molecule has 0 aromatic rings. The van der Waals surface area contributed by atoms with Gasteiger partial charge in [0.05, 0.1) is 0 Å². The van der Waals surface area contributed by atoms with E-state index >= 15 is 0 Å². The number of hydrogen-bond acceptors (Lipinski definition) is 2. The number of ketones is 2. The lowest BCUT2D eigenvalue weighted by atomic mass is 9.51. The fraction of sp³-hybridized carbons (Fsp3) is 0.727. The molecule has 4 aliphatic rings. The van der Waals surface area contributed by atoms with Crippen molar-refractivity contribution < 1.29 is 14.0 Å². The summed E-state index contributed by atoms with van der Waals surface area (Å²) in [5.41, 5.74) is 3.68. The second-order valence-electron chi connectivity index (χ2n) is 9.16. The topological polar surface area (TPSA) is 34.1 Å². The molecular formula is C22H29FO2. The molecule has 2 nitrogen and oxygen atoms in total. The molecule has 0 spiro atoms. The van der Waals surface area contributed by atoms with Crippen LogP contribution in [0.1, 0.15) is 72.1 Å². The first-order chi connectivity index (χ1) is 11.8. The Balaban J connectivity index is 1.72. The molecule has 2 saturated carbocycles. The second-order valence-corrected chi connectivity index (χ2v) is 9.16. The van der Waals surface area contributed by atoms with E-state index in [1.54, 1.807) is 5.57 Å². The lowest BCUT2D eigenvalue weighted by Gasteiger charge is -2.52. The molecule has 0 aromatic carbocycles. The maximum absolute atomic E-state index is 13.9. The quantitative estimate of drug-likeness (QED) is 0.696. The fourth-order valence-corrected chi connectivity index (χ4v) is 6.64. The fourth-order valence-electron chi connectivity index (χ4n) is 6.64. The van der Waals surface area contributed by atoms with Crippen LogP contribution in [-0.4, -0.2) is 17.7 Å². The van der Waals surface area contributed by atoms with Gasteiger partial charge in [0.1, 0.15) is 0 Å². The van der Waals surface area contributed by atoms with E-state index < -0.39 is 11.6 Å². The molecule has 4 aliphatic carbocycles. The van der Waals surface area contributed by atoms with E-state index in [1.165, 1.54) is 18.1 Å². The first-order valence-electron chi connectivity index (χ1n) is 9.92. The van der Waals surface area contributed by atoms with Crippen molar-refractivity contribution in [3.63, 3.8) is 0 Å². The number of hydrogen-bond donors (Lipinski definition) is 0. The maximum Gasteiger partial charge on any atom is 0.172 e. The van der Waals surface area contributed by atoms with Crippen LogP contribution in [0.2, 0.25) is 0 Å². The van der Waals surface area contributed by atoms with Gasteiger partial charge in [0.15, 0.2) is 17.7 Å². The Hall–Kier alpha value is -1.25. The Morgan fingerprint density at radius 1 is 1.16 bits per heavy atom. The van der Waals surface area contributed by atoms with Crippen LogP contribution in [0.3, 0.4) is 0 Å². The van der Waals surface area contributed by atoms with Gasteiger partial charge in [-0.05, 0) is 86.3 Å². The summed E-state index contributed by atoms with van der Waals surface area (Å²) in [4.78, 5) is 24.5. The Labute approximate surface area is 149 Å². The molecule has 136 valence electrons. The van der Waals surface area contributed by atoms with Crippen molar-refractivity contribution in [2.24, 2.45) is 22.7 Å². The molecular weight excluding hydrogens is 315 g/mol. The normalized spacial score (nSPS) is 41.6. The zero-order valence-electron chi connectivity index (χ0n) is 15.7. The highest BCUT2D eigenvalue weighted by molar-refractivity contribution is 5.93. The van der Waals surface area contributed by atoms with Gasteiger partial charge in [-0.15, -0.1) is 0 Å². The van der Waals surface area contributed by atoms with Crippen LogP contribution >= 0.6 is 0 Å². The number of carbonyl (C=O) groups is 2. The van der Waals surface area contributed by atoms with Crippen molar-refractivity contribution in [3.05, 3.63) is 22.8 Å². The molecule has 0 saturated heterocycles. The average Bonchev–Trinajstić information content (AvgIpc) is 2.86. The first kappa shape index (κ1) is 17.2. The molecule has 2 fully saturated rings. The number of halogens is 1. The number of alkyl halides is 1. The minimum Gasteiger partial charge on any atom is -0.296 e. The summed E-state index contributed by atoms with van der Waals surface area (Å²) in [7, 11) is 0. The Morgan fingerprint density at radius 3 is 2.64 bits per heavy atom. The number of Topliss-reactive ketones (excluding diaryl/α,β-unsaturated/α-hetero) is 1. The van der Waals surface area contributed by atoms with Gasteiger partial charge in [0, 0.05) is 11.8 Å². The van der Waals surface area contributed by atoms with Crippen molar-refractivity contribution in [2.75, 3.05) is 0 Å². The van der Waals surface area contributed by atoms with Crippen molar-refractivity contribution >= 4 is 11.6 Å². The molecule has 0 aromatic heterocycles. The molecule has 0 unspecified atom stereocenters. The third-order valence-electron chi connectivity index (χ3n) is 8.24. The zero-order valence-corrected chi connectivity index (χ0v) is 15.7. The minimum absolute atomic E-state index is 0.0924. The van der Waals surface area contributed by atoms with Crippen LogP contribution in [0.4, 0.5) is 4.39 Å². The van der Waals surface area contributed by atoms with Crippen LogP contribution in [-0.2, 0) is 9.59 Å². The molecule has 0 N–H and O–H groups in total. The number of allylic oxidation sites excluding steroid dienone is 4. The molecule has 25 heavy (non-hydrogen) atoms. The summed E-state index contributed by atoms with van der Waals surface area (Å²) in [6.07, 6.45) is 7.98. The van der Waals surface area contributed by atoms with Gasteiger partial charge < -0.3 is 0 Å². The smallest absolute Gasteiger partial charge is 0.172 e. The SMILES string of the molecule is C[C@H](F)C(=O)[C@@]1(C)CC[C@H]2[C@@H]3CCC4=CC(=O)CCC4=C3CC[C@@]21C. The third kappa shape index (κ3) is 2.27. The van der Waals surface area contributed by atoms with Gasteiger partial charge >= 0.3 is 0 Å². The second kappa shape index (κ2) is 5.62. The highest BCUT2D eigenvalue weighted by atomic mass is 19.1. The molecule has 0 heterocycles. The van der Waals surface area contributed by atoms with Crippen LogP contribution < -0.4 is 0 Å². The highest BCUT2D eigenvalue weighted by Gasteiger charge is 2.62. The molecule has 0 radical (unpaired) electrons. The van der Waals surface area contributed by atoms with Crippen molar-refractivity contribution in [2.45, 2.75) is 78.3 Å². The minimum atomic E-state index is -1.37. The number of carbonyl (C=O) groups excluding carboxylic acids is 2. The van der Waals surface area contributed by atoms with Gasteiger partial charge in [-0.25, -0.2) is 4.39 Å². The summed E-state index contributed by atoms with van der Waals surface area (Å²) in [6, 6.07) is 0. The van der Waals surface area contributed by atoms with E-state index in [9.17, 15) is 14.0 Å². The molecule has 0 bridgehead atoms. The third-order valence-corrected chi connectivity index (χ3v) is 8.24. The van der Waals surface area contributed by atoms with Crippen LogP contribution in [0.25, 0.3) is 0 Å². The highest BCUT2D eigenvalue weighted by Crippen LogP contribution is 2.67. The predicted octanol–water partition coefficient (Wildman–Crippen LogP) is 5.13. The number of rotatable bonds is 2. The summed E-state index contributed by atoms with van der Waals surface area (Å²) in [5, 5.41) is 0. The van der Waals surface area contributed by atoms with Crippen LogP contribution in [0.5, 0.6) is 0 Å². The molecule has 0 amide bonds. The lowest BCUT2D eigenvalue weighted by Crippen LogP contribution is -2.49. The lowest BCUT2D eigenvalue weighted by molar-refractivity contribution is -0.141. The van der Waals surface area contributed by atoms with E-state index in [0.29, 0.717) is 18.3 Å². The van der Waals surface area contributed by atoms with Crippen molar-refractivity contribution in [3.8, 4) is 0 Å². The Bertz CT molecular complexity index is 701. The van der Waals surface area contributed by atoms with Gasteiger partial charge in [-0.1, -0.05) is 19.4 Å². The van der Waals surface area contributed by atoms with Crippen molar-refractivity contribution in [1.29, 1.82) is 0 Å². The average molecular weight is 344 g/mol. The summed E-state index contributed by atoms with van der Waals surface area (Å²) < 4.78 is 13.9. The Morgan fingerprint density at radius 2 is 1.92 bits per heavy atom. The summed E-state index contributed by atoms with van der Waals surface area (Å²) in [6.45, 7) is 5.68. The largest absolute Gasteiger partial charge is 0.296 e. The summed E-state index contributed by atoms with van der Waals surface area (Å²) >= 11 is 0. The molecule has 5 atom stereocenters. The van der Waals surface area contributed by atoms with Gasteiger partial charge in [0.2, 0.25) is 0 Å². The molecule has 3 heteroatoms. The zero-order chi connectivity index (χ0) is 18.0. The van der Waals surface area contributed by atoms with Crippen molar-refractivity contribution in [1.82, 2.24) is 0 Å². The maximum atomic E-state index is 13.9. The van der Waals surface area contributed by atoms with E-state index in [0.717, 1.165) is 44.9 Å². The predicted molar refractivity (Wildman–Crippen MR) is 95.8 cm³/mol. The van der Waals surface area contributed by atoms with Crippen LogP contribution in [0.15, 0.2) is 22.8 Å². The van der Waals surface area contributed by atoms with E-state index in [4.69, 9.17) is 0 Å². The monoisotopic (exact) mass is 344 g/mol. The number of fused-ring (bicyclic) bond motifs is 4. The van der Waals surface area contributed by atoms with Gasteiger partial charge in [-0.3, -0.25) is 9.59 Å². The van der Waals surface area contributed by atoms with E-state index in [-0.39, 0.29) is 17.0 Å². The molecule has 0 aliphatic heterocycles.